The highest BCUT2D eigenvalue weighted by molar-refractivity contribution is 6.30. The maximum Gasteiger partial charge on any atom is 0.272 e. The Morgan fingerprint density at radius 2 is 1.71 bits per heavy atom. The second kappa shape index (κ2) is 8.34. The zero-order chi connectivity index (χ0) is 23.1. The van der Waals surface area contributed by atoms with Gasteiger partial charge in [0.15, 0.2) is 5.82 Å². The van der Waals surface area contributed by atoms with Gasteiger partial charge in [0.05, 0.1) is 6.54 Å². The number of carbonyl (C=O) groups is 1. The Hall–Kier alpha value is -4.12. The lowest BCUT2D eigenvalue weighted by atomic mass is 10.2. The standard InChI is InChI=1S/C23H24N10O/c1-30-11-13-31(14-12-30)17-5-3-16(4-6-17)28-21-27-15-18-19(29-21)32-10-9-26-23(32)33(20(18)34)22-24-7-2-8-25-22/h2-8,15H,9-14H2,1H3,(H,27,28,29). The monoisotopic (exact) mass is 456 g/mol. The largest absolute Gasteiger partial charge is 0.369 e. The summed E-state index contributed by atoms with van der Waals surface area (Å²) in [6, 6.07) is 9.98. The molecule has 11 heteroatoms. The van der Waals surface area contributed by atoms with Gasteiger partial charge in [0.25, 0.3) is 5.91 Å². The number of rotatable bonds is 4. The Labute approximate surface area is 196 Å². The Morgan fingerprint density at radius 3 is 2.47 bits per heavy atom. The molecule has 172 valence electrons. The number of nitrogens with zero attached hydrogens (tertiary/aromatic N) is 9. The maximum absolute atomic E-state index is 13.3. The van der Waals surface area contributed by atoms with Gasteiger partial charge in [-0.2, -0.15) is 4.98 Å². The number of fused-ring (bicyclic) bond motifs is 3. The third-order valence-electron chi connectivity index (χ3n) is 6.22. The lowest BCUT2D eigenvalue weighted by Crippen LogP contribution is -2.51. The van der Waals surface area contributed by atoms with Crippen molar-refractivity contribution < 1.29 is 4.79 Å². The van der Waals surface area contributed by atoms with Gasteiger partial charge in [-0.25, -0.2) is 24.8 Å². The number of aliphatic imine (C=N–C) groups is 1. The van der Waals surface area contributed by atoms with E-state index in [9.17, 15) is 4.79 Å². The van der Waals surface area contributed by atoms with Crippen LogP contribution in [0.2, 0.25) is 0 Å². The van der Waals surface area contributed by atoms with Crippen LogP contribution in [0.25, 0.3) is 0 Å². The number of benzene rings is 1. The van der Waals surface area contributed by atoms with E-state index in [0.717, 1.165) is 31.9 Å². The predicted octanol–water partition coefficient (Wildman–Crippen LogP) is 1.60. The lowest BCUT2D eigenvalue weighted by molar-refractivity contribution is 0.0998. The number of piperazine rings is 1. The molecular formula is C23H24N10O. The first kappa shape index (κ1) is 20.5. The van der Waals surface area contributed by atoms with Crippen molar-refractivity contribution in [3.63, 3.8) is 0 Å². The van der Waals surface area contributed by atoms with Crippen LogP contribution in [0, 0.1) is 0 Å². The van der Waals surface area contributed by atoms with Gasteiger partial charge in [-0.05, 0) is 37.4 Å². The van der Waals surface area contributed by atoms with E-state index in [-0.39, 0.29) is 11.9 Å². The highest BCUT2D eigenvalue weighted by atomic mass is 16.2. The fourth-order valence-electron chi connectivity index (χ4n) is 4.36. The highest BCUT2D eigenvalue weighted by Gasteiger charge is 2.41. The van der Waals surface area contributed by atoms with Crippen molar-refractivity contribution in [3.05, 3.63) is 54.5 Å². The number of amides is 1. The maximum atomic E-state index is 13.3. The fourth-order valence-corrected chi connectivity index (χ4v) is 4.36. The number of hydrogen-bond donors (Lipinski definition) is 1. The molecule has 3 aliphatic heterocycles. The van der Waals surface area contributed by atoms with Crippen molar-refractivity contribution >= 4 is 41.0 Å². The van der Waals surface area contributed by atoms with Crippen LogP contribution < -0.4 is 20.0 Å². The molecule has 0 radical (unpaired) electrons. The smallest absolute Gasteiger partial charge is 0.272 e. The molecular weight excluding hydrogens is 432 g/mol. The second-order valence-electron chi connectivity index (χ2n) is 8.42. The zero-order valence-corrected chi connectivity index (χ0v) is 18.8. The number of aromatic nitrogens is 4. The molecule has 11 nitrogen and oxygen atoms in total. The fraction of sp³-hybridized carbons (Fsp3) is 0.304. The summed E-state index contributed by atoms with van der Waals surface area (Å²) in [5.41, 5.74) is 2.48. The number of anilines is 5. The minimum Gasteiger partial charge on any atom is -0.369 e. The summed E-state index contributed by atoms with van der Waals surface area (Å²) in [5.74, 6) is 1.45. The van der Waals surface area contributed by atoms with Crippen LogP contribution in [0.1, 0.15) is 10.4 Å². The first-order chi connectivity index (χ1) is 16.7. The third-order valence-corrected chi connectivity index (χ3v) is 6.22. The average Bonchev–Trinajstić information content (AvgIpc) is 3.36. The molecule has 34 heavy (non-hydrogen) atoms. The molecule has 1 fully saturated rings. The van der Waals surface area contributed by atoms with E-state index in [1.165, 1.54) is 10.6 Å². The van der Waals surface area contributed by atoms with Gasteiger partial charge >= 0.3 is 0 Å². The second-order valence-corrected chi connectivity index (χ2v) is 8.42. The van der Waals surface area contributed by atoms with Gasteiger partial charge < -0.3 is 15.1 Å². The summed E-state index contributed by atoms with van der Waals surface area (Å²) in [7, 11) is 2.15. The highest BCUT2D eigenvalue weighted by Crippen LogP contribution is 2.31. The molecule has 1 N–H and O–H groups in total. The average molecular weight is 457 g/mol. The summed E-state index contributed by atoms with van der Waals surface area (Å²) in [6.07, 6.45) is 4.75. The van der Waals surface area contributed by atoms with Crippen molar-refractivity contribution in [1.29, 1.82) is 0 Å². The van der Waals surface area contributed by atoms with E-state index >= 15 is 0 Å². The molecule has 0 saturated carbocycles. The lowest BCUT2D eigenvalue weighted by Gasteiger charge is -2.34. The quantitative estimate of drug-likeness (QED) is 0.626. The Kier molecular flexibility index (Phi) is 5.02. The number of guanidine groups is 1. The molecule has 2 aromatic heterocycles. The van der Waals surface area contributed by atoms with Crippen molar-refractivity contribution in [1.82, 2.24) is 24.8 Å². The van der Waals surface area contributed by atoms with Gasteiger partial charge in [0.2, 0.25) is 17.9 Å². The molecule has 0 spiro atoms. The molecule has 1 amide bonds. The number of hydrogen-bond acceptors (Lipinski definition) is 10. The molecule has 0 aliphatic carbocycles. The van der Waals surface area contributed by atoms with E-state index in [1.54, 1.807) is 24.7 Å². The number of likely N-dealkylation sites (N-methyl/N-ethyl adjacent to an activating group) is 1. The topological polar surface area (TPSA) is 106 Å². The Morgan fingerprint density at radius 1 is 0.941 bits per heavy atom. The van der Waals surface area contributed by atoms with Crippen LogP contribution in [-0.2, 0) is 0 Å². The van der Waals surface area contributed by atoms with Crippen molar-refractivity contribution in [2.45, 2.75) is 0 Å². The summed E-state index contributed by atoms with van der Waals surface area (Å²) in [5, 5.41) is 3.26. The number of nitrogens with one attached hydrogen (secondary N) is 1. The van der Waals surface area contributed by atoms with E-state index in [4.69, 9.17) is 0 Å². The van der Waals surface area contributed by atoms with Crippen molar-refractivity contribution in [3.8, 4) is 0 Å². The van der Waals surface area contributed by atoms with Crippen LogP contribution >= 0.6 is 0 Å². The Balaban J connectivity index is 1.24. The van der Waals surface area contributed by atoms with E-state index < -0.39 is 0 Å². The third kappa shape index (κ3) is 3.59. The minimum atomic E-state index is -0.291. The van der Waals surface area contributed by atoms with Crippen LogP contribution in [0.3, 0.4) is 0 Å². The van der Waals surface area contributed by atoms with Gasteiger partial charge in [0.1, 0.15) is 5.56 Å². The molecule has 3 aliphatic rings. The van der Waals surface area contributed by atoms with Crippen molar-refractivity contribution in [2.75, 3.05) is 66.3 Å². The summed E-state index contributed by atoms with van der Waals surface area (Å²) in [6.45, 7) is 5.36. The van der Waals surface area contributed by atoms with Crippen LogP contribution in [0.4, 0.5) is 29.1 Å². The molecule has 1 saturated heterocycles. The molecule has 6 rings (SSSR count). The van der Waals surface area contributed by atoms with E-state index in [2.05, 4.69) is 59.2 Å². The minimum absolute atomic E-state index is 0.284. The first-order valence-electron chi connectivity index (χ1n) is 11.3. The molecule has 0 bridgehead atoms. The normalized spacial score (nSPS) is 18.0. The summed E-state index contributed by atoms with van der Waals surface area (Å²) >= 11 is 0. The Bertz CT molecular complexity index is 1240. The van der Waals surface area contributed by atoms with Crippen molar-refractivity contribution in [2.24, 2.45) is 4.99 Å². The van der Waals surface area contributed by atoms with E-state index in [0.29, 0.717) is 36.4 Å². The summed E-state index contributed by atoms with van der Waals surface area (Å²) in [4.78, 5) is 43.4. The zero-order valence-electron chi connectivity index (χ0n) is 18.8. The molecule has 1 aromatic carbocycles. The number of carbonyl (C=O) groups excluding carboxylic acids is 1. The summed E-state index contributed by atoms with van der Waals surface area (Å²) < 4.78 is 0. The molecule has 0 atom stereocenters. The van der Waals surface area contributed by atoms with Crippen LogP contribution in [0.5, 0.6) is 0 Å². The van der Waals surface area contributed by atoms with Crippen LogP contribution in [0.15, 0.2) is 53.9 Å². The first-order valence-corrected chi connectivity index (χ1v) is 11.3. The molecule has 3 aromatic rings. The molecule has 0 unspecified atom stereocenters. The van der Waals surface area contributed by atoms with Gasteiger partial charge in [-0.3, -0.25) is 9.69 Å². The van der Waals surface area contributed by atoms with Gasteiger partial charge in [0, 0.05) is 62.7 Å². The van der Waals surface area contributed by atoms with Crippen LogP contribution in [-0.4, -0.2) is 83.0 Å². The SMILES string of the molecule is CN1CCN(c2ccc(Nc3ncc4c(n3)N3CCN=C3N(c3ncccn3)C4=O)cc2)CC1. The van der Waals surface area contributed by atoms with Gasteiger partial charge in [-0.15, -0.1) is 0 Å². The van der Waals surface area contributed by atoms with Gasteiger partial charge in [-0.1, -0.05) is 0 Å². The van der Waals surface area contributed by atoms with E-state index in [1.807, 2.05) is 17.0 Å². The predicted molar refractivity (Wildman–Crippen MR) is 130 cm³/mol. The molecule has 5 heterocycles.